The molecule has 0 aliphatic heterocycles. The zero-order valence-electron chi connectivity index (χ0n) is 10.9. The highest BCUT2D eigenvalue weighted by atomic mass is 32.1. The molecular weight excluding hydrogens is 321 g/mol. The molecule has 0 saturated carbocycles. The molecule has 1 amide bonds. The molecule has 0 aliphatic carbocycles. The van der Waals surface area contributed by atoms with E-state index in [4.69, 9.17) is 0 Å². The van der Waals surface area contributed by atoms with Gasteiger partial charge in [-0.25, -0.2) is 0 Å². The molecule has 1 aromatic heterocycles. The largest absolute Gasteiger partial charge is 0.471 e. The van der Waals surface area contributed by atoms with Crippen LogP contribution in [0.5, 0.6) is 0 Å². The van der Waals surface area contributed by atoms with Gasteiger partial charge in [-0.1, -0.05) is 12.1 Å². The number of nitro groups is 1. The predicted octanol–water partition coefficient (Wildman–Crippen LogP) is 3.75. The molecule has 0 atom stereocenters. The lowest BCUT2D eigenvalue weighted by Crippen LogP contribution is -2.40. The molecule has 0 N–H and O–H groups in total. The van der Waals surface area contributed by atoms with Gasteiger partial charge in [-0.3, -0.25) is 19.8 Å². The molecule has 1 aromatic carbocycles. The number of anilines is 1. The van der Waals surface area contributed by atoms with E-state index in [0.717, 1.165) is 12.1 Å². The van der Waals surface area contributed by atoms with Gasteiger partial charge >= 0.3 is 12.1 Å². The molecule has 1 heterocycles. The number of thiophene rings is 1. The van der Waals surface area contributed by atoms with Crippen molar-refractivity contribution in [2.45, 2.75) is 12.7 Å². The molecule has 2 aromatic rings. The van der Waals surface area contributed by atoms with E-state index >= 15 is 0 Å². The van der Waals surface area contributed by atoms with Crippen LogP contribution in [0.15, 0.2) is 41.8 Å². The van der Waals surface area contributed by atoms with Gasteiger partial charge in [0.05, 0.1) is 17.2 Å². The maximum Gasteiger partial charge on any atom is 0.471 e. The van der Waals surface area contributed by atoms with Gasteiger partial charge in [0.2, 0.25) is 0 Å². The number of amides is 1. The standard InChI is InChI=1S/C13H9F3N2O3S/c14-13(15,16)12(19)17(8-11-5-2-6-22-11)9-3-1-4-10(7-9)18(20)21/h1-7H,8H2. The number of halogens is 3. The summed E-state index contributed by atoms with van der Waals surface area (Å²) < 4.78 is 38.3. The molecule has 22 heavy (non-hydrogen) atoms. The molecule has 0 fully saturated rings. The summed E-state index contributed by atoms with van der Waals surface area (Å²) in [6.07, 6.45) is -5.07. The third-order valence-electron chi connectivity index (χ3n) is 2.73. The van der Waals surface area contributed by atoms with Crippen LogP contribution in [0.25, 0.3) is 0 Å². The summed E-state index contributed by atoms with van der Waals surface area (Å²) in [4.78, 5) is 22.6. The zero-order valence-corrected chi connectivity index (χ0v) is 11.7. The Kier molecular flexibility index (Phi) is 4.45. The minimum Gasteiger partial charge on any atom is -0.299 e. The number of nitro benzene ring substituents is 1. The Balaban J connectivity index is 2.41. The number of non-ortho nitro benzene ring substituents is 1. The number of hydrogen-bond acceptors (Lipinski definition) is 4. The highest BCUT2D eigenvalue weighted by Crippen LogP contribution is 2.28. The molecule has 9 heteroatoms. The van der Waals surface area contributed by atoms with E-state index in [1.165, 1.54) is 23.5 Å². The van der Waals surface area contributed by atoms with Crippen molar-refractivity contribution < 1.29 is 22.9 Å². The monoisotopic (exact) mass is 330 g/mol. The Bertz CT molecular complexity index is 686. The first kappa shape index (κ1) is 16.0. The van der Waals surface area contributed by atoms with Crippen LogP contribution in [0.3, 0.4) is 0 Å². The summed E-state index contributed by atoms with van der Waals surface area (Å²) in [7, 11) is 0. The van der Waals surface area contributed by atoms with Crippen LogP contribution in [0.1, 0.15) is 4.88 Å². The maximum atomic E-state index is 12.8. The average Bonchev–Trinajstić information content (AvgIpc) is 2.96. The molecule has 0 bridgehead atoms. The lowest BCUT2D eigenvalue weighted by atomic mass is 10.2. The quantitative estimate of drug-likeness (QED) is 0.633. The smallest absolute Gasteiger partial charge is 0.299 e. The maximum absolute atomic E-state index is 12.8. The van der Waals surface area contributed by atoms with E-state index < -0.39 is 17.0 Å². The van der Waals surface area contributed by atoms with E-state index in [2.05, 4.69) is 0 Å². The first-order valence-corrected chi connectivity index (χ1v) is 6.82. The summed E-state index contributed by atoms with van der Waals surface area (Å²) in [6, 6.07) is 7.77. The van der Waals surface area contributed by atoms with Crippen molar-refractivity contribution in [3.63, 3.8) is 0 Å². The Morgan fingerprint density at radius 3 is 2.55 bits per heavy atom. The van der Waals surface area contributed by atoms with Gasteiger partial charge < -0.3 is 0 Å². The van der Waals surface area contributed by atoms with Gasteiger partial charge in [0.25, 0.3) is 5.69 Å². The van der Waals surface area contributed by atoms with Gasteiger partial charge in [0.1, 0.15) is 0 Å². The molecule has 0 unspecified atom stereocenters. The second kappa shape index (κ2) is 6.14. The minimum absolute atomic E-state index is 0.176. The summed E-state index contributed by atoms with van der Waals surface area (Å²) >= 11 is 1.19. The number of rotatable bonds is 4. The number of hydrogen-bond donors (Lipinski definition) is 0. The number of benzene rings is 1. The third kappa shape index (κ3) is 3.61. The molecule has 2 rings (SSSR count). The highest BCUT2D eigenvalue weighted by Gasteiger charge is 2.43. The Labute approximate surface area is 126 Å². The molecule has 0 spiro atoms. The second-order valence-electron chi connectivity index (χ2n) is 4.25. The van der Waals surface area contributed by atoms with Crippen molar-refractivity contribution in [1.29, 1.82) is 0 Å². The molecule has 116 valence electrons. The van der Waals surface area contributed by atoms with Gasteiger partial charge in [0, 0.05) is 17.0 Å². The van der Waals surface area contributed by atoms with Crippen molar-refractivity contribution in [2.24, 2.45) is 0 Å². The second-order valence-corrected chi connectivity index (χ2v) is 5.28. The van der Waals surface area contributed by atoms with Crippen molar-refractivity contribution in [1.82, 2.24) is 0 Å². The third-order valence-corrected chi connectivity index (χ3v) is 3.60. The molecule has 0 aliphatic rings. The Hall–Kier alpha value is -2.42. The number of carbonyl (C=O) groups is 1. The van der Waals surface area contributed by atoms with E-state index in [0.29, 0.717) is 9.78 Å². The summed E-state index contributed by atoms with van der Waals surface area (Å²) in [6.45, 7) is -0.308. The van der Waals surface area contributed by atoms with Crippen LogP contribution < -0.4 is 4.90 Å². The Morgan fingerprint density at radius 1 is 1.27 bits per heavy atom. The van der Waals surface area contributed by atoms with Crippen molar-refractivity contribution in [3.8, 4) is 0 Å². The fourth-order valence-corrected chi connectivity index (χ4v) is 2.46. The zero-order chi connectivity index (χ0) is 16.3. The van der Waals surface area contributed by atoms with Gasteiger partial charge in [-0.2, -0.15) is 13.2 Å². The number of alkyl halides is 3. The van der Waals surface area contributed by atoms with Gasteiger partial charge in [0.15, 0.2) is 0 Å². The first-order chi connectivity index (χ1) is 10.3. The van der Waals surface area contributed by atoms with Gasteiger partial charge in [-0.15, -0.1) is 11.3 Å². The van der Waals surface area contributed by atoms with Crippen LogP contribution in [-0.4, -0.2) is 17.0 Å². The van der Waals surface area contributed by atoms with Crippen LogP contribution in [0.2, 0.25) is 0 Å². The fourth-order valence-electron chi connectivity index (χ4n) is 1.77. The van der Waals surface area contributed by atoms with Crippen LogP contribution >= 0.6 is 11.3 Å². The topological polar surface area (TPSA) is 63.5 Å². The van der Waals surface area contributed by atoms with Crippen molar-refractivity contribution >= 4 is 28.6 Å². The number of nitrogens with zero attached hydrogens (tertiary/aromatic N) is 2. The van der Waals surface area contributed by atoms with Gasteiger partial charge in [-0.05, 0) is 17.5 Å². The van der Waals surface area contributed by atoms with Crippen molar-refractivity contribution in [3.05, 3.63) is 56.8 Å². The fraction of sp³-hybridized carbons (Fsp3) is 0.154. The van der Waals surface area contributed by atoms with Crippen LogP contribution in [0.4, 0.5) is 24.5 Å². The SMILES string of the molecule is O=C(N(Cc1cccs1)c1cccc([N+](=O)[O-])c1)C(F)(F)F. The molecule has 5 nitrogen and oxygen atoms in total. The van der Waals surface area contributed by atoms with E-state index in [-0.39, 0.29) is 17.9 Å². The van der Waals surface area contributed by atoms with E-state index in [1.54, 1.807) is 17.5 Å². The van der Waals surface area contributed by atoms with E-state index in [9.17, 15) is 28.1 Å². The summed E-state index contributed by atoms with van der Waals surface area (Å²) in [5.74, 6) is -2.07. The number of carbonyl (C=O) groups excluding carboxylic acids is 1. The normalized spacial score (nSPS) is 11.2. The minimum atomic E-state index is -5.07. The molecular formula is C13H9F3N2O3S. The lowest BCUT2D eigenvalue weighted by Gasteiger charge is -2.23. The van der Waals surface area contributed by atoms with E-state index in [1.807, 2.05) is 0 Å². The van der Waals surface area contributed by atoms with Crippen LogP contribution in [-0.2, 0) is 11.3 Å². The predicted molar refractivity (Wildman–Crippen MR) is 74.7 cm³/mol. The van der Waals surface area contributed by atoms with Crippen molar-refractivity contribution in [2.75, 3.05) is 4.90 Å². The molecule has 0 saturated heterocycles. The average molecular weight is 330 g/mol. The summed E-state index contributed by atoms with van der Waals surface area (Å²) in [5, 5.41) is 12.4. The first-order valence-electron chi connectivity index (χ1n) is 5.94. The summed E-state index contributed by atoms with van der Waals surface area (Å²) in [5.41, 5.74) is -0.562. The highest BCUT2D eigenvalue weighted by molar-refractivity contribution is 7.09. The lowest BCUT2D eigenvalue weighted by molar-refractivity contribution is -0.384. The van der Waals surface area contributed by atoms with Crippen LogP contribution in [0, 0.1) is 10.1 Å². The molecule has 0 radical (unpaired) electrons. The Morgan fingerprint density at radius 2 is 2.00 bits per heavy atom.